The maximum Gasteiger partial charge on any atom is 0.490 e. The zero-order valence-electron chi connectivity index (χ0n) is 17.8. The molecule has 0 bridgehead atoms. The van der Waals surface area contributed by atoms with E-state index in [0.29, 0.717) is 31.4 Å². The molecule has 4 rings (SSSR count). The number of rotatable bonds is 5. The predicted molar refractivity (Wildman–Crippen MR) is 108 cm³/mol. The van der Waals surface area contributed by atoms with Crippen LogP contribution in [0, 0.1) is 5.92 Å². The first-order valence-corrected chi connectivity index (χ1v) is 11.0. The molecule has 1 saturated carbocycles. The Labute approximate surface area is 184 Å². The average Bonchev–Trinajstić information content (AvgIpc) is 3.40. The van der Waals surface area contributed by atoms with Crippen LogP contribution in [0.4, 0.5) is 13.2 Å². The van der Waals surface area contributed by atoms with Crippen LogP contribution in [0.2, 0.25) is 0 Å². The van der Waals surface area contributed by atoms with Crippen molar-refractivity contribution in [2.24, 2.45) is 5.92 Å². The minimum absolute atomic E-state index is 0.0222. The zero-order valence-corrected chi connectivity index (χ0v) is 17.8. The van der Waals surface area contributed by atoms with Crippen molar-refractivity contribution in [3.8, 4) is 0 Å². The van der Waals surface area contributed by atoms with Crippen LogP contribution in [0.3, 0.4) is 0 Å². The fraction of sp³-hybridized carbons (Fsp3) is 0.682. The number of ether oxygens (including phenoxy) is 2. The number of nitrogens with zero attached hydrogens (tertiary/aromatic N) is 2. The van der Waals surface area contributed by atoms with Gasteiger partial charge in [0.1, 0.15) is 12.2 Å². The van der Waals surface area contributed by atoms with E-state index in [2.05, 4.69) is 9.88 Å². The maximum atomic E-state index is 12.9. The van der Waals surface area contributed by atoms with Crippen molar-refractivity contribution >= 4 is 11.9 Å². The first-order valence-electron chi connectivity index (χ1n) is 11.0. The lowest BCUT2D eigenvalue weighted by atomic mass is 10.0. The lowest BCUT2D eigenvalue weighted by Gasteiger charge is -2.32. The van der Waals surface area contributed by atoms with Gasteiger partial charge in [0, 0.05) is 32.0 Å². The molecule has 1 N–H and O–H groups in total. The van der Waals surface area contributed by atoms with E-state index < -0.39 is 12.1 Å². The molecule has 0 unspecified atom stereocenters. The Kier molecular flexibility index (Phi) is 8.47. The molecule has 3 aliphatic rings. The summed E-state index contributed by atoms with van der Waals surface area (Å²) < 4.78 is 43.9. The number of aromatic nitrogens is 1. The molecule has 32 heavy (non-hydrogen) atoms. The van der Waals surface area contributed by atoms with Gasteiger partial charge in [-0.3, -0.25) is 9.78 Å². The molecule has 3 fully saturated rings. The number of pyridine rings is 1. The van der Waals surface area contributed by atoms with Crippen LogP contribution >= 0.6 is 0 Å². The van der Waals surface area contributed by atoms with Crippen LogP contribution in [0.5, 0.6) is 0 Å². The van der Waals surface area contributed by atoms with Gasteiger partial charge in [-0.05, 0) is 49.3 Å². The number of likely N-dealkylation sites (tertiary alicyclic amines) is 1. The third-order valence-electron chi connectivity index (χ3n) is 6.19. The Hall–Kier alpha value is -2.20. The summed E-state index contributed by atoms with van der Waals surface area (Å²) in [6.45, 7) is 2.00. The van der Waals surface area contributed by atoms with E-state index in [1.54, 1.807) is 12.4 Å². The molecule has 1 aromatic heterocycles. The normalized spacial score (nSPS) is 25.7. The minimum atomic E-state index is -5.08. The summed E-state index contributed by atoms with van der Waals surface area (Å²) in [5, 5.41) is 7.12. The highest BCUT2D eigenvalue weighted by atomic mass is 19.4. The van der Waals surface area contributed by atoms with Crippen LogP contribution in [0.25, 0.3) is 0 Å². The molecule has 2 saturated heterocycles. The van der Waals surface area contributed by atoms with Gasteiger partial charge in [-0.1, -0.05) is 12.8 Å². The standard InChI is InChI=1S/C20H28N2O3.C2HF3O2/c23-19(12-15-4-1-2-5-15)22-13-18(20-17(22)6-3-11-24-20)25-14-16-7-9-21-10-8-16;3-2(4,5)1(6)7/h7-10,15,17-18,20H,1-6,11-14H2;(H,6,7)/t17-,18-,20+;/m1./s1. The fourth-order valence-corrected chi connectivity index (χ4v) is 4.60. The molecule has 10 heteroatoms. The van der Waals surface area contributed by atoms with E-state index in [0.717, 1.165) is 25.0 Å². The smallest absolute Gasteiger partial charge is 0.475 e. The van der Waals surface area contributed by atoms with Crippen molar-refractivity contribution in [3.63, 3.8) is 0 Å². The third-order valence-corrected chi connectivity index (χ3v) is 6.19. The van der Waals surface area contributed by atoms with Crippen molar-refractivity contribution in [2.45, 2.75) is 76.0 Å². The molecule has 2 aliphatic heterocycles. The molecule has 1 aromatic rings. The number of hydrogen-bond donors (Lipinski definition) is 1. The van der Waals surface area contributed by atoms with Crippen molar-refractivity contribution in [3.05, 3.63) is 30.1 Å². The van der Waals surface area contributed by atoms with E-state index in [1.165, 1.54) is 25.7 Å². The summed E-state index contributed by atoms with van der Waals surface area (Å²) in [5.74, 6) is -1.86. The predicted octanol–water partition coefficient (Wildman–Crippen LogP) is 3.57. The van der Waals surface area contributed by atoms with Crippen molar-refractivity contribution in [1.82, 2.24) is 9.88 Å². The average molecular weight is 458 g/mol. The van der Waals surface area contributed by atoms with Gasteiger partial charge in [0.25, 0.3) is 0 Å². The summed E-state index contributed by atoms with van der Waals surface area (Å²) in [5.41, 5.74) is 1.11. The molecule has 0 radical (unpaired) electrons. The Morgan fingerprint density at radius 3 is 2.44 bits per heavy atom. The molecule has 7 nitrogen and oxygen atoms in total. The number of carbonyl (C=O) groups excluding carboxylic acids is 1. The van der Waals surface area contributed by atoms with Gasteiger partial charge in [0.05, 0.1) is 12.6 Å². The molecular weight excluding hydrogens is 429 g/mol. The van der Waals surface area contributed by atoms with E-state index >= 15 is 0 Å². The summed E-state index contributed by atoms with van der Waals surface area (Å²) >= 11 is 0. The zero-order chi connectivity index (χ0) is 23.1. The fourth-order valence-electron chi connectivity index (χ4n) is 4.60. The van der Waals surface area contributed by atoms with Gasteiger partial charge in [-0.25, -0.2) is 4.79 Å². The van der Waals surface area contributed by atoms with Crippen LogP contribution < -0.4 is 0 Å². The van der Waals surface area contributed by atoms with Gasteiger partial charge < -0.3 is 19.5 Å². The number of aliphatic carboxylic acids is 1. The molecule has 3 atom stereocenters. The lowest BCUT2D eigenvalue weighted by Crippen LogP contribution is -2.44. The van der Waals surface area contributed by atoms with Crippen molar-refractivity contribution in [1.29, 1.82) is 0 Å². The number of alkyl halides is 3. The SMILES string of the molecule is O=C(CC1CCCC1)N1C[C@@H](OCc2ccncc2)[C@H]2OCCC[C@H]21.O=C(O)C(F)(F)F. The van der Waals surface area contributed by atoms with Gasteiger partial charge in [-0.15, -0.1) is 0 Å². The van der Waals surface area contributed by atoms with Gasteiger partial charge in [-0.2, -0.15) is 13.2 Å². The Morgan fingerprint density at radius 2 is 1.81 bits per heavy atom. The number of halogens is 3. The van der Waals surface area contributed by atoms with Gasteiger partial charge in [0.15, 0.2) is 0 Å². The van der Waals surface area contributed by atoms with E-state index in [9.17, 15) is 18.0 Å². The Bertz CT molecular complexity index is 756. The van der Waals surface area contributed by atoms with Crippen LogP contribution in [-0.2, 0) is 25.7 Å². The molecule has 1 aliphatic carbocycles. The highest BCUT2D eigenvalue weighted by Gasteiger charge is 2.46. The number of carboxylic acids is 1. The highest BCUT2D eigenvalue weighted by molar-refractivity contribution is 5.77. The monoisotopic (exact) mass is 458 g/mol. The second-order valence-corrected chi connectivity index (χ2v) is 8.45. The van der Waals surface area contributed by atoms with Gasteiger partial charge in [0.2, 0.25) is 5.91 Å². The van der Waals surface area contributed by atoms with Crippen LogP contribution in [0.1, 0.15) is 50.5 Å². The summed E-state index contributed by atoms with van der Waals surface area (Å²) in [6, 6.07) is 4.14. The Balaban J connectivity index is 0.000000360. The number of amides is 1. The van der Waals surface area contributed by atoms with Crippen LogP contribution in [0.15, 0.2) is 24.5 Å². The second-order valence-electron chi connectivity index (χ2n) is 8.45. The minimum Gasteiger partial charge on any atom is -0.475 e. The summed E-state index contributed by atoms with van der Waals surface area (Å²) in [7, 11) is 0. The number of hydrogen-bond acceptors (Lipinski definition) is 5. The molecule has 178 valence electrons. The topological polar surface area (TPSA) is 89.0 Å². The molecular formula is C22H29F3N2O5. The highest BCUT2D eigenvalue weighted by Crippen LogP contribution is 2.34. The van der Waals surface area contributed by atoms with Crippen molar-refractivity contribution in [2.75, 3.05) is 13.2 Å². The third kappa shape index (κ3) is 6.65. The largest absolute Gasteiger partial charge is 0.490 e. The quantitative estimate of drug-likeness (QED) is 0.726. The van der Waals surface area contributed by atoms with Crippen LogP contribution in [-0.4, -0.2) is 64.4 Å². The van der Waals surface area contributed by atoms with E-state index in [-0.39, 0.29) is 18.2 Å². The first-order chi connectivity index (χ1) is 15.3. The molecule has 3 heterocycles. The summed E-state index contributed by atoms with van der Waals surface area (Å²) in [6.07, 6.45) is 6.26. The number of carbonyl (C=O) groups is 2. The molecule has 1 amide bonds. The lowest BCUT2D eigenvalue weighted by molar-refractivity contribution is -0.192. The number of fused-ring (bicyclic) bond motifs is 1. The first kappa shape index (κ1) is 24.4. The summed E-state index contributed by atoms with van der Waals surface area (Å²) in [4.78, 5) is 27.9. The molecule has 0 spiro atoms. The number of carboxylic acid groups (broad SMARTS) is 1. The Morgan fingerprint density at radius 1 is 1.16 bits per heavy atom. The maximum absolute atomic E-state index is 12.9. The van der Waals surface area contributed by atoms with Gasteiger partial charge >= 0.3 is 12.1 Å². The van der Waals surface area contributed by atoms with E-state index in [4.69, 9.17) is 19.4 Å². The second kappa shape index (κ2) is 11.1. The van der Waals surface area contributed by atoms with Crippen molar-refractivity contribution < 1.29 is 37.3 Å². The molecule has 0 aromatic carbocycles. The van der Waals surface area contributed by atoms with E-state index in [1.807, 2.05) is 12.1 Å².